The number of nitrogens with zero attached hydrogens (tertiary/aromatic N) is 2. The summed E-state index contributed by atoms with van der Waals surface area (Å²) in [4.78, 5) is 52.5. The zero-order valence-corrected chi connectivity index (χ0v) is 26.5. The van der Waals surface area contributed by atoms with Crippen molar-refractivity contribution in [3.63, 3.8) is 0 Å². The quantitative estimate of drug-likeness (QED) is 0.239. The predicted molar refractivity (Wildman–Crippen MR) is 159 cm³/mol. The van der Waals surface area contributed by atoms with Crippen molar-refractivity contribution >= 4 is 39.2 Å². The Morgan fingerprint density at radius 1 is 0.978 bits per heavy atom. The second kappa shape index (κ2) is 11.1. The van der Waals surface area contributed by atoms with Crippen LogP contribution in [0.2, 0.25) is 0 Å². The van der Waals surface area contributed by atoms with Crippen LogP contribution in [0, 0.1) is 20.9 Å². The lowest BCUT2D eigenvalue weighted by Crippen LogP contribution is -2.45. The third kappa shape index (κ3) is 6.27. The van der Waals surface area contributed by atoms with Crippen LogP contribution >= 0.6 is 15.9 Å². The Balaban J connectivity index is 1.77. The van der Waals surface area contributed by atoms with Gasteiger partial charge in [-0.15, -0.1) is 0 Å². The van der Waals surface area contributed by atoms with Crippen molar-refractivity contribution in [3.8, 4) is 11.5 Å². The van der Waals surface area contributed by atoms with Gasteiger partial charge >= 0.3 is 17.8 Å². The molecule has 2 aromatic rings. The number of carbonyl (C=O) groups excluding carboxylic acids is 2. The third-order valence-corrected chi connectivity index (χ3v) is 8.79. The number of rotatable bonds is 6. The van der Waals surface area contributed by atoms with Gasteiger partial charge in [-0.3, -0.25) is 24.5 Å². The lowest BCUT2D eigenvalue weighted by atomic mass is 9.63. The smallest absolute Gasteiger partial charge is 0.416 e. The van der Waals surface area contributed by atoms with Gasteiger partial charge in [-0.05, 0) is 54.0 Å². The lowest BCUT2D eigenvalue weighted by molar-refractivity contribution is -0.385. The van der Waals surface area contributed by atoms with Crippen LogP contribution in [0.4, 0.5) is 18.9 Å². The highest BCUT2D eigenvalue weighted by molar-refractivity contribution is 9.10. The molecule has 0 spiro atoms. The molecule has 1 heterocycles. The molecule has 1 N–H and O–H groups in total. The number of Topliss-reactive ketones (excluding diaryl/α,β-unsaturated/α-hetero) is 2. The lowest BCUT2D eigenvalue weighted by Gasteiger charge is -2.48. The van der Waals surface area contributed by atoms with Crippen LogP contribution in [0.3, 0.4) is 0 Å². The number of hydrogen-bond donors (Lipinski definition) is 1. The van der Waals surface area contributed by atoms with E-state index in [1.54, 1.807) is 17.0 Å². The summed E-state index contributed by atoms with van der Waals surface area (Å²) in [5.74, 6) is -3.18. The van der Waals surface area contributed by atoms with Crippen molar-refractivity contribution in [2.75, 3.05) is 6.54 Å². The summed E-state index contributed by atoms with van der Waals surface area (Å²) in [5, 5.41) is 21.7. The van der Waals surface area contributed by atoms with E-state index in [9.17, 15) is 42.8 Å². The van der Waals surface area contributed by atoms with E-state index in [-0.39, 0.29) is 46.9 Å². The van der Waals surface area contributed by atoms with E-state index in [1.807, 2.05) is 27.7 Å². The minimum atomic E-state index is -4.83. The summed E-state index contributed by atoms with van der Waals surface area (Å²) in [6, 6.07) is 6.55. The molecule has 2 aliphatic carbocycles. The number of carboxylic acid groups (broad SMARTS) is 1. The molecule has 0 radical (unpaired) electrons. The van der Waals surface area contributed by atoms with E-state index in [1.165, 1.54) is 6.07 Å². The number of aliphatic carboxylic acids is 1. The number of nitro benzene ring substituents is 1. The summed E-state index contributed by atoms with van der Waals surface area (Å²) in [5.41, 5.74) is -1.42. The van der Waals surface area contributed by atoms with Crippen LogP contribution in [0.1, 0.15) is 70.4 Å². The van der Waals surface area contributed by atoms with Crippen LogP contribution in [-0.2, 0) is 20.6 Å². The van der Waals surface area contributed by atoms with Crippen molar-refractivity contribution < 1.29 is 42.3 Å². The standard InChI is InChI=1S/C32H30BrF3N2O7/c1-30(2)11-20-28(22(39)13-30)27(29-21(37(20)15-26(41)42)12-31(3,4)14-23(29)40)18-10-17(33)6-8-24(18)45-25-7-5-16(32(34,35)36)9-19(25)38(43)44/h5-10,27H,11-15H2,1-4H3,(H,41,42). The number of benzene rings is 2. The molecular weight excluding hydrogens is 661 g/mol. The Kier molecular flexibility index (Phi) is 8.00. The van der Waals surface area contributed by atoms with Gasteiger partial charge in [0.15, 0.2) is 11.6 Å². The Bertz CT molecular complexity index is 1670. The summed E-state index contributed by atoms with van der Waals surface area (Å²) >= 11 is 3.43. The van der Waals surface area contributed by atoms with Crippen LogP contribution in [0.5, 0.6) is 11.5 Å². The van der Waals surface area contributed by atoms with Crippen molar-refractivity contribution in [2.45, 2.75) is 65.5 Å². The Morgan fingerprint density at radius 3 is 2.00 bits per heavy atom. The summed E-state index contributed by atoms with van der Waals surface area (Å²) in [7, 11) is 0. The van der Waals surface area contributed by atoms with Crippen LogP contribution in [-0.4, -0.2) is 39.0 Å². The SMILES string of the molecule is CC1(C)CC(=O)C2=C(C1)N(CC(=O)O)C1=C(C(=O)CC(C)(C)C1)C2c1cc(Br)ccc1Oc1ccc(C(F)(F)F)cc1[N+](=O)[O-]. The first-order valence-corrected chi connectivity index (χ1v) is 14.9. The highest BCUT2D eigenvalue weighted by atomic mass is 79.9. The molecule has 0 atom stereocenters. The molecule has 0 aromatic heterocycles. The van der Waals surface area contributed by atoms with Gasteiger partial charge in [-0.1, -0.05) is 43.6 Å². The van der Waals surface area contributed by atoms with Gasteiger partial charge in [0.05, 0.1) is 10.5 Å². The monoisotopic (exact) mass is 690 g/mol. The largest absolute Gasteiger partial charge is 0.480 e. The van der Waals surface area contributed by atoms with Crippen molar-refractivity contribution in [1.82, 2.24) is 4.90 Å². The maximum Gasteiger partial charge on any atom is 0.416 e. The number of nitro groups is 1. The topological polar surface area (TPSA) is 127 Å². The Morgan fingerprint density at radius 2 is 1.51 bits per heavy atom. The Labute approximate surface area is 265 Å². The number of hydrogen-bond acceptors (Lipinski definition) is 7. The number of alkyl halides is 3. The number of ketones is 2. The number of ether oxygens (including phenoxy) is 1. The second-order valence-electron chi connectivity index (χ2n) is 13.2. The molecule has 9 nitrogen and oxygen atoms in total. The van der Waals surface area contributed by atoms with Gasteiger partial charge < -0.3 is 14.7 Å². The molecule has 5 rings (SSSR count). The van der Waals surface area contributed by atoms with E-state index < -0.39 is 57.4 Å². The van der Waals surface area contributed by atoms with Gasteiger partial charge in [0, 0.05) is 57.4 Å². The van der Waals surface area contributed by atoms with Crippen molar-refractivity contribution in [1.29, 1.82) is 0 Å². The van der Waals surface area contributed by atoms with E-state index in [0.717, 1.165) is 6.07 Å². The molecule has 45 heavy (non-hydrogen) atoms. The molecule has 238 valence electrons. The molecule has 3 aliphatic rings. The molecular formula is C32H30BrF3N2O7. The minimum Gasteiger partial charge on any atom is -0.480 e. The van der Waals surface area contributed by atoms with E-state index in [2.05, 4.69) is 15.9 Å². The highest BCUT2D eigenvalue weighted by Gasteiger charge is 2.50. The Hall–Kier alpha value is -4.00. The number of carbonyl (C=O) groups is 3. The fourth-order valence-electron chi connectivity index (χ4n) is 6.56. The van der Waals surface area contributed by atoms with Crippen LogP contribution in [0.25, 0.3) is 0 Å². The third-order valence-electron chi connectivity index (χ3n) is 8.30. The summed E-state index contributed by atoms with van der Waals surface area (Å²) in [6.45, 7) is 7.15. The normalized spacial score (nSPS) is 19.8. The number of allylic oxidation sites excluding steroid dienone is 4. The predicted octanol–water partition coefficient (Wildman–Crippen LogP) is 7.94. The molecule has 2 aromatic carbocycles. The van der Waals surface area contributed by atoms with Gasteiger partial charge in [0.1, 0.15) is 12.3 Å². The molecule has 0 fully saturated rings. The van der Waals surface area contributed by atoms with Gasteiger partial charge in [0.2, 0.25) is 5.75 Å². The molecule has 0 saturated carbocycles. The average molecular weight is 691 g/mol. The van der Waals surface area contributed by atoms with E-state index >= 15 is 0 Å². The first kappa shape index (κ1) is 32.4. The maximum atomic E-state index is 14.0. The molecule has 0 saturated heterocycles. The minimum absolute atomic E-state index is 0.00768. The second-order valence-corrected chi connectivity index (χ2v) is 14.2. The zero-order valence-electron chi connectivity index (χ0n) is 24.9. The first-order chi connectivity index (χ1) is 20.8. The fraction of sp³-hybridized carbons (Fsp3) is 0.406. The molecule has 0 unspecified atom stereocenters. The van der Waals surface area contributed by atoms with E-state index in [4.69, 9.17) is 4.74 Å². The average Bonchev–Trinajstić information content (AvgIpc) is 2.88. The molecule has 13 heteroatoms. The van der Waals surface area contributed by atoms with Gasteiger partial charge in [-0.2, -0.15) is 13.2 Å². The van der Waals surface area contributed by atoms with Gasteiger partial charge in [-0.25, -0.2) is 0 Å². The fourth-order valence-corrected chi connectivity index (χ4v) is 6.94. The maximum absolute atomic E-state index is 14.0. The molecule has 0 bridgehead atoms. The molecule has 1 aliphatic heterocycles. The van der Waals surface area contributed by atoms with Gasteiger partial charge in [0.25, 0.3) is 0 Å². The van der Waals surface area contributed by atoms with Crippen LogP contribution < -0.4 is 4.74 Å². The molecule has 0 amide bonds. The zero-order chi connectivity index (χ0) is 33.2. The first-order valence-electron chi connectivity index (χ1n) is 14.1. The number of carboxylic acids is 1. The van der Waals surface area contributed by atoms with Crippen molar-refractivity contribution in [2.24, 2.45) is 10.8 Å². The highest BCUT2D eigenvalue weighted by Crippen LogP contribution is 2.56. The van der Waals surface area contributed by atoms with E-state index in [0.29, 0.717) is 40.8 Å². The van der Waals surface area contributed by atoms with Crippen LogP contribution in [0.15, 0.2) is 63.4 Å². The summed E-state index contributed by atoms with van der Waals surface area (Å²) < 4.78 is 46.6. The number of halogens is 4. The van der Waals surface area contributed by atoms with Crippen molar-refractivity contribution in [3.05, 3.63) is 84.7 Å². The summed E-state index contributed by atoms with van der Waals surface area (Å²) in [6.07, 6.45) is -3.89.